The zero-order valence-corrected chi connectivity index (χ0v) is 16.9. The Morgan fingerprint density at radius 2 is 1.79 bits per heavy atom. The highest BCUT2D eigenvalue weighted by Gasteiger charge is 2.11. The molecule has 0 spiro atoms. The molecule has 0 saturated heterocycles. The minimum atomic E-state index is 0.436. The average Bonchev–Trinajstić information content (AvgIpc) is 3.02. The molecule has 2 N–H and O–H groups in total. The summed E-state index contributed by atoms with van der Waals surface area (Å²) in [6.07, 6.45) is 1.67. The van der Waals surface area contributed by atoms with Crippen molar-refractivity contribution in [2.45, 2.75) is 0 Å². The van der Waals surface area contributed by atoms with Crippen LogP contribution >= 0.6 is 11.6 Å². The maximum absolute atomic E-state index is 6.09. The van der Waals surface area contributed by atoms with Crippen molar-refractivity contribution in [1.82, 2.24) is 19.7 Å². The lowest BCUT2D eigenvalue weighted by Gasteiger charge is -2.11. The van der Waals surface area contributed by atoms with E-state index in [1.165, 1.54) is 0 Å². The van der Waals surface area contributed by atoms with E-state index in [0.29, 0.717) is 34.1 Å². The fraction of sp³-hybridized carbons (Fsp3) is 0.150. The Balaban J connectivity index is 1.58. The molecule has 0 atom stereocenters. The second-order valence-corrected chi connectivity index (χ2v) is 6.66. The number of benzene rings is 2. The molecule has 0 fully saturated rings. The zero-order valence-electron chi connectivity index (χ0n) is 16.1. The maximum Gasteiger partial charge on any atom is 0.229 e. The van der Waals surface area contributed by atoms with Gasteiger partial charge in [-0.1, -0.05) is 11.6 Å². The van der Waals surface area contributed by atoms with E-state index in [0.717, 1.165) is 16.6 Å². The van der Waals surface area contributed by atoms with Gasteiger partial charge in [0.1, 0.15) is 5.82 Å². The van der Waals surface area contributed by atoms with Gasteiger partial charge in [-0.05, 0) is 36.4 Å². The smallest absolute Gasteiger partial charge is 0.229 e. The van der Waals surface area contributed by atoms with Gasteiger partial charge < -0.3 is 20.1 Å². The summed E-state index contributed by atoms with van der Waals surface area (Å²) < 4.78 is 12.4. The highest BCUT2D eigenvalue weighted by atomic mass is 35.5. The van der Waals surface area contributed by atoms with Gasteiger partial charge in [-0.25, -0.2) is 4.98 Å². The molecule has 2 aromatic heterocycles. The van der Waals surface area contributed by atoms with Crippen LogP contribution in [0.15, 0.2) is 48.7 Å². The molecule has 4 aromatic rings. The molecule has 0 aliphatic carbocycles. The van der Waals surface area contributed by atoms with Crippen molar-refractivity contribution in [3.05, 3.63) is 53.7 Å². The van der Waals surface area contributed by atoms with E-state index in [2.05, 4.69) is 25.7 Å². The monoisotopic (exact) mass is 410 g/mol. The average molecular weight is 411 g/mol. The standard InChI is InChI=1S/C20H19ClN6O2/c1-27-15-10-12(21)4-6-14(15)19(26-27)24-18-8-9-22-20(25-18)23-13-5-7-16(28-2)17(11-13)29-3/h4-11H,1-3H3,(H2,22,23,24,25,26). The maximum atomic E-state index is 6.09. The molecule has 0 bridgehead atoms. The minimum absolute atomic E-state index is 0.436. The Morgan fingerprint density at radius 3 is 2.59 bits per heavy atom. The highest BCUT2D eigenvalue weighted by Crippen LogP contribution is 2.31. The van der Waals surface area contributed by atoms with Gasteiger partial charge in [-0.3, -0.25) is 4.68 Å². The number of hydrogen-bond donors (Lipinski definition) is 2. The lowest BCUT2D eigenvalue weighted by molar-refractivity contribution is 0.355. The molecule has 0 unspecified atom stereocenters. The molecular weight excluding hydrogens is 392 g/mol. The summed E-state index contributed by atoms with van der Waals surface area (Å²) in [5, 5.41) is 12.5. The Labute approximate surface area is 172 Å². The van der Waals surface area contributed by atoms with E-state index in [1.807, 2.05) is 43.4 Å². The van der Waals surface area contributed by atoms with Crippen molar-refractivity contribution >= 4 is 45.8 Å². The van der Waals surface area contributed by atoms with Crippen LogP contribution in [0.1, 0.15) is 0 Å². The largest absolute Gasteiger partial charge is 0.493 e. The van der Waals surface area contributed by atoms with Crippen LogP contribution in [0.3, 0.4) is 0 Å². The van der Waals surface area contributed by atoms with E-state index in [-0.39, 0.29) is 0 Å². The van der Waals surface area contributed by atoms with Crippen LogP contribution in [0.2, 0.25) is 5.02 Å². The topological polar surface area (TPSA) is 86.1 Å². The van der Waals surface area contributed by atoms with Gasteiger partial charge in [0.2, 0.25) is 5.95 Å². The number of nitrogens with zero attached hydrogens (tertiary/aromatic N) is 4. The number of aromatic nitrogens is 4. The predicted molar refractivity (Wildman–Crippen MR) is 114 cm³/mol. The summed E-state index contributed by atoms with van der Waals surface area (Å²) in [5.74, 6) is 3.00. The fourth-order valence-electron chi connectivity index (χ4n) is 2.98. The van der Waals surface area contributed by atoms with Crippen LogP contribution < -0.4 is 20.1 Å². The van der Waals surface area contributed by atoms with Crippen LogP contribution in [-0.4, -0.2) is 34.0 Å². The van der Waals surface area contributed by atoms with Gasteiger partial charge in [0.25, 0.3) is 0 Å². The lowest BCUT2D eigenvalue weighted by Crippen LogP contribution is -2.01. The Morgan fingerprint density at radius 1 is 0.966 bits per heavy atom. The van der Waals surface area contributed by atoms with E-state index in [9.17, 15) is 0 Å². The Hall–Kier alpha value is -3.52. The van der Waals surface area contributed by atoms with Crippen LogP contribution in [0.4, 0.5) is 23.3 Å². The van der Waals surface area contributed by atoms with Gasteiger partial charge in [0.05, 0.1) is 19.7 Å². The third-order valence-corrected chi connectivity index (χ3v) is 4.59. The summed E-state index contributed by atoms with van der Waals surface area (Å²) in [6, 6.07) is 12.9. The molecule has 0 aliphatic heterocycles. The molecule has 148 valence electrons. The first-order valence-corrected chi connectivity index (χ1v) is 9.16. The van der Waals surface area contributed by atoms with Crippen LogP contribution in [-0.2, 0) is 7.05 Å². The van der Waals surface area contributed by atoms with E-state index < -0.39 is 0 Å². The Kier molecular flexibility index (Phi) is 5.09. The highest BCUT2D eigenvalue weighted by molar-refractivity contribution is 6.31. The molecule has 4 rings (SSSR count). The number of anilines is 4. The first-order chi connectivity index (χ1) is 14.1. The zero-order chi connectivity index (χ0) is 20.4. The summed E-state index contributed by atoms with van der Waals surface area (Å²) >= 11 is 6.09. The van der Waals surface area contributed by atoms with Gasteiger partial charge in [-0.2, -0.15) is 10.1 Å². The summed E-state index contributed by atoms with van der Waals surface area (Å²) in [5.41, 5.74) is 1.70. The number of ether oxygens (including phenoxy) is 2. The molecule has 29 heavy (non-hydrogen) atoms. The van der Waals surface area contributed by atoms with Crippen LogP contribution in [0.25, 0.3) is 10.9 Å². The quantitative estimate of drug-likeness (QED) is 0.483. The van der Waals surface area contributed by atoms with Crippen molar-refractivity contribution in [1.29, 1.82) is 0 Å². The van der Waals surface area contributed by atoms with Crippen molar-refractivity contribution in [2.75, 3.05) is 24.9 Å². The fourth-order valence-corrected chi connectivity index (χ4v) is 3.14. The van der Waals surface area contributed by atoms with Gasteiger partial charge in [0, 0.05) is 35.4 Å². The number of rotatable bonds is 6. The van der Waals surface area contributed by atoms with Crippen LogP contribution in [0, 0.1) is 0 Å². The van der Waals surface area contributed by atoms with Crippen LogP contribution in [0.5, 0.6) is 11.5 Å². The number of nitrogens with one attached hydrogen (secondary N) is 2. The molecule has 0 radical (unpaired) electrons. The summed E-state index contributed by atoms with van der Waals surface area (Å²) in [6.45, 7) is 0. The van der Waals surface area contributed by atoms with Crippen molar-refractivity contribution in [3.63, 3.8) is 0 Å². The number of aryl methyl sites for hydroxylation is 1. The Bertz CT molecular complexity index is 1180. The molecule has 0 aliphatic rings. The van der Waals surface area contributed by atoms with E-state index >= 15 is 0 Å². The second-order valence-electron chi connectivity index (χ2n) is 6.22. The first kappa shape index (κ1) is 18.8. The van der Waals surface area contributed by atoms with E-state index in [4.69, 9.17) is 21.1 Å². The van der Waals surface area contributed by atoms with Crippen molar-refractivity contribution in [2.24, 2.45) is 7.05 Å². The first-order valence-electron chi connectivity index (χ1n) is 8.79. The number of halogens is 1. The van der Waals surface area contributed by atoms with Gasteiger partial charge >= 0.3 is 0 Å². The number of hydrogen-bond acceptors (Lipinski definition) is 7. The third kappa shape index (κ3) is 3.88. The molecule has 0 amide bonds. The lowest BCUT2D eigenvalue weighted by atomic mass is 10.2. The second kappa shape index (κ2) is 7.84. The SMILES string of the molecule is COc1ccc(Nc2nccc(Nc3nn(C)c4cc(Cl)ccc34)n2)cc1OC. The third-order valence-electron chi connectivity index (χ3n) is 4.36. The predicted octanol–water partition coefficient (Wildman–Crippen LogP) is 4.52. The number of methoxy groups -OCH3 is 2. The molecule has 8 nitrogen and oxygen atoms in total. The van der Waals surface area contributed by atoms with Gasteiger partial charge in [-0.15, -0.1) is 0 Å². The summed E-state index contributed by atoms with van der Waals surface area (Å²) in [7, 11) is 5.05. The number of fused-ring (bicyclic) bond motifs is 1. The van der Waals surface area contributed by atoms with Crippen molar-refractivity contribution < 1.29 is 9.47 Å². The molecular formula is C20H19ClN6O2. The molecule has 2 aromatic carbocycles. The van der Waals surface area contributed by atoms with E-state index in [1.54, 1.807) is 31.2 Å². The molecule has 9 heteroatoms. The summed E-state index contributed by atoms with van der Waals surface area (Å²) in [4.78, 5) is 8.79. The van der Waals surface area contributed by atoms with Crippen molar-refractivity contribution in [3.8, 4) is 11.5 Å². The molecule has 0 saturated carbocycles. The minimum Gasteiger partial charge on any atom is -0.493 e. The normalized spacial score (nSPS) is 10.8. The molecule has 2 heterocycles. The van der Waals surface area contributed by atoms with Gasteiger partial charge in [0.15, 0.2) is 17.3 Å².